The maximum absolute atomic E-state index is 12.0. The van der Waals surface area contributed by atoms with E-state index in [2.05, 4.69) is 5.32 Å². The van der Waals surface area contributed by atoms with Crippen molar-refractivity contribution in [3.05, 3.63) is 20.4 Å². The molecule has 1 saturated heterocycles. The van der Waals surface area contributed by atoms with Crippen molar-refractivity contribution in [3.8, 4) is 0 Å². The van der Waals surface area contributed by atoms with Crippen LogP contribution in [-0.4, -0.2) is 31.7 Å². The third kappa shape index (κ3) is 3.12. The van der Waals surface area contributed by atoms with Gasteiger partial charge in [0.25, 0.3) is 10.9 Å². The minimum Gasteiger partial charge on any atom is -0.466 e. The lowest BCUT2D eigenvalue weighted by atomic mass is 9.95. The molecule has 0 aromatic heterocycles. The average molecular weight is 320 g/mol. The number of carbonyl (C=O) groups excluding carboxylic acids is 1. The smallest absolute Gasteiger partial charge is 0.309 e. The SMILES string of the molecule is CCOC(=O)C1CCN(c2c(NC3CCCC3)c(=O)c2=O)CC1. The Hall–Kier alpha value is -1.85. The lowest BCUT2D eigenvalue weighted by molar-refractivity contribution is -0.148. The van der Waals surface area contributed by atoms with E-state index in [4.69, 9.17) is 4.74 Å². The molecule has 1 aromatic rings. The highest BCUT2D eigenvalue weighted by molar-refractivity contribution is 5.77. The number of nitrogens with one attached hydrogen (secondary N) is 1. The van der Waals surface area contributed by atoms with Crippen molar-refractivity contribution in [1.82, 2.24) is 0 Å². The summed E-state index contributed by atoms with van der Waals surface area (Å²) >= 11 is 0. The topological polar surface area (TPSA) is 75.7 Å². The molecule has 2 fully saturated rings. The van der Waals surface area contributed by atoms with Crippen LogP contribution < -0.4 is 21.1 Å². The van der Waals surface area contributed by atoms with Crippen molar-refractivity contribution in [2.45, 2.75) is 51.5 Å². The standard InChI is InChI=1S/C17H24N2O4/c1-2-23-17(22)11-7-9-19(10-8-11)14-13(15(20)16(14)21)18-12-5-3-4-6-12/h11-12,18H,2-10H2,1H3. The second kappa shape index (κ2) is 6.72. The van der Waals surface area contributed by atoms with Gasteiger partial charge in [-0.1, -0.05) is 12.8 Å². The molecule has 0 unspecified atom stereocenters. The van der Waals surface area contributed by atoms with Gasteiger partial charge < -0.3 is 15.0 Å². The Morgan fingerprint density at radius 2 is 1.78 bits per heavy atom. The normalized spacial score (nSPS) is 20.1. The first-order chi connectivity index (χ1) is 11.1. The molecule has 0 amide bonds. The highest BCUT2D eigenvalue weighted by Gasteiger charge is 2.32. The maximum atomic E-state index is 12.0. The van der Waals surface area contributed by atoms with Crippen molar-refractivity contribution in [2.75, 3.05) is 29.9 Å². The van der Waals surface area contributed by atoms with E-state index in [9.17, 15) is 14.4 Å². The summed E-state index contributed by atoms with van der Waals surface area (Å²) in [7, 11) is 0. The van der Waals surface area contributed by atoms with Gasteiger partial charge in [-0.3, -0.25) is 14.4 Å². The first kappa shape index (κ1) is 16.0. The molecule has 1 heterocycles. The zero-order chi connectivity index (χ0) is 16.4. The molecule has 0 bridgehead atoms. The summed E-state index contributed by atoms with van der Waals surface area (Å²) in [5, 5.41) is 3.27. The molecule has 126 valence electrons. The highest BCUT2D eigenvalue weighted by atomic mass is 16.5. The van der Waals surface area contributed by atoms with Crippen LogP contribution in [0.5, 0.6) is 0 Å². The second-order valence-electron chi connectivity index (χ2n) is 6.52. The molecule has 23 heavy (non-hydrogen) atoms. The molecule has 1 aromatic carbocycles. The van der Waals surface area contributed by atoms with E-state index >= 15 is 0 Å². The average Bonchev–Trinajstić information content (AvgIpc) is 3.08. The molecule has 0 spiro atoms. The van der Waals surface area contributed by atoms with E-state index < -0.39 is 0 Å². The van der Waals surface area contributed by atoms with Crippen LogP contribution in [0.1, 0.15) is 45.4 Å². The van der Waals surface area contributed by atoms with Gasteiger partial charge in [-0.05, 0) is 32.6 Å². The third-order valence-electron chi connectivity index (χ3n) is 5.02. The number of ether oxygens (including phenoxy) is 1. The molecular formula is C17H24N2O4. The Morgan fingerprint density at radius 3 is 2.39 bits per heavy atom. The molecule has 1 aliphatic carbocycles. The van der Waals surface area contributed by atoms with Crippen LogP contribution in [0.2, 0.25) is 0 Å². The molecular weight excluding hydrogens is 296 g/mol. The van der Waals surface area contributed by atoms with E-state index in [1.165, 1.54) is 12.8 Å². The van der Waals surface area contributed by atoms with E-state index in [0.717, 1.165) is 12.8 Å². The lowest BCUT2D eigenvalue weighted by Crippen LogP contribution is -2.47. The minimum atomic E-state index is -0.389. The first-order valence-electron chi connectivity index (χ1n) is 8.63. The van der Waals surface area contributed by atoms with Gasteiger partial charge in [0.15, 0.2) is 0 Å². The van der Waals surface area contributed by atoms with Crippen LogP contribution in [0, 0.1) is 5.92 Å². The molecule has 1 N–H and O–H groups in total. The zero-order valence-electron chi connectivity index (χ0n) is 13.6. The van der Waals surface area contributed by atoms with Crippen LogP contribution in [-0.2, 0) is 9.53 Å². The lowest BCUT2D eigenvalue weighted by Gasteiger charge is -2.34. The van der Waals surface area contributed by atoms with Crippen molar-refractivity contribution in [1.29, 1.82) is 0 Å². The number of carbonyl (C=O) groups is 1. The summed E-state index contributed by atoms with van der Waals surface area (Å²) in [4.78, 5) is 37.6. The van der Waals surface area contributed by atoms with E-state index in [0.29, 0.717) is 50.0 Å². The quantitative estimate of drug-likeness (QED) is 0.653. The van der Waals surface area contributed by atoms with Gasteiger partial charge in [0.2, 0.25) is 0 Å². The Kier molecular flexibility index (Phi) is 4.68. The number of nitrogens with zero attached hydrogens (tertiary/aromatic N) is 1. The molecule has 3 rings (SSSR count). The second-order valence-corrected chi connectivity index (χ2v) is 6.52. The predicted molar refractivity (Wildman–Crippen MR) is 88.8 cm³/mol. The van der Waals surface area contributed by atoms with Gasteiger partial charge >= 0.3 is 5.97 Å². The summed E-state index contributed by atoms with van der Waals surface area (Å²) in [6, 6.07) is 0.314. The number of anilines is 2. The number of rotatable bonds is 5. The minimum absolute atomic E-state index is 0.0936. The fourth-order valence-electron chi connectivity index (χ4n) is 3.69. The number of piperidine rings is 1. The molecule has 0 radical (unpaired) electrons. The Bertz CT molecular complexity index is 633. The van der Waals surface area contributed by atoms with Gasteiger partial charge in [-0.25, -0.2) is 0 Å². The third-order valence-corrected chi connectivity index (χ3v) is 5.02. The van der Waals surface area contributed by atoms with Gasteiger partial charge in [0.1, 0.15) is 11.4 Å². The van der Waals surface area contributed by atoms with Gasteiger partial charge in [0.05, 0.1) is 12.5 Å². The van der Waals surface area contributed by atoms with Gasteiger partial charge in [0, 0.05) is 19.1 Å². The van der Waals surface area contributed by atoms with E-state index in [1.54, 1.807) is 6.92 Å². The number of hydrogen-bond donors (Lipinski definition) is 1. The molecule has 6 heteroatoms. The summed E-state index contributed by atoms with van der Waals surface area (Å²) in [6.07, 6.45) is 5.80. The Balaban J connectivity index is 1.64. The first-order valence-corrected chi connectivity index (χ1v) is 8.63. The number of esters is 1. The van der Waals surface area contributed by atoms with Crippen molar-refractivity contribution >= 4 is 17.3 Å². The van der Waals surface area contributed by atoms with E-state index in [-0.39, 0.29) is 22.7 Å². The largest absolute Gasteiger partial charge is 0.466 e. The summed E-state index contributed by atoms with van der Waals surface area (Å²) in [5.41, 5.74) is 0.250. The Morgan fingerprint density at radius 1 is 1.13 bits per heavy atom. The van der Waals surface area contributed by atoms with Crippen LogP contribution in [0.25, 0.3) is 0 Å². The fourth-order valence-corrected chi connectivity index (χ4v) is 3.69. The van der Waals surface area contributed by atoms with Crippen LogP contribution >= 0.6 is 0 Å². The fraction of sp³-hybridized carbons (Fsp3) is 0.706. The van der Waals surface area contributed by atoms with Gasteiger partial charge in [-0.15, -0.1) is 0 Å². The molecule has 2 aliphatic rings. The zero-order valence-corrected chi connectivity index (χ0v) is 13.6. The maximum Gasteiger partial charge on any atom is 0.309 e. The molecule has 0 atom stereocenters. The monoisotopic (exact) mass is 320 g/mol. The Labute approximate surface area is 135 Å². The molecule has 1 saturated carbocycles. The van der Waals surface area contributed by atoms with Crippen LogP contribution in [0.4, 0.5) is 11.4 Å². The summed E-state index contributed by atoms with van der Waals surface area (Å²) in [6.45, 7) is 3.44. The van der Waals surface area contributed by atoms with Crippen molar-refractivity contribution in [2.24, 2.45) is 5.92 Å². The molecule has 1 aliphatic heterocycles. The van der Waals surface area contributed by atoms with Crippen molar-refractivity contribution < 1.29 is 9.53 Å². The van der Waals surface area contributed by atoms with E-state index in [1.807, 2.05) is 4.90 Å². The van der Waals surface area contributed by atoms with Gasteiger partial charge in [-0.2, -0.15) is 0 Å². The van der Waals surface area contributed by atoms with Crippen LogP contribution in [0.15, 0.2) is 9.59 Å². The van der Waals surface area contributed by atoms with Crippen LogP contribution in [0.3, 0.4) is 0 Å². The summed E-state index contributed by atoms with van der Waals surface area (Å²) in [5.74, 6) is -0.245. The molecule has 6 nitrogen and oxygen atoms in total. The van der Waals surface area contributed by atoms with Crippen molar-refractivity contribution in [3.63, 3.8) is 0 Å². The highest BCUT2D eigenvalue weighted by Crippen LogP contribution is 2.29. The summed E-state index contributed by atoms with van der Waals surface area (Å²) < 4.78 is 5.06. The number of hydrogen-bond acceptors (Lipinski definition) is 6. The predicted octanol–water partition coefficient (Wildman–Crippen LogP) is 1.42.